The fourth-order valence-corrected chi connectivity index (χ4v) is 3.00. The summed E-state index contributed by atoms with van der Waals surface area (Å²) < 4.78 is 8.28. The van der Waals surface area contributed by atoms with E-state index in [0.29, 0.717) is 5.02 Å². The molecule has 0 saturated carbocycles. The largest absolute Gasteiger partial charge is 0.493 e. The summed E-state index contributed by atoms with van der Waals surface area (Å²) >= 11 is 9.96. The first kappa shape index (κ1) is 16.3. The summed E-state index contributed by atoms with van der Waals surface area (Å²) in [6, 6.07) is 5.86. The highest BCUT2D eigenvalue weighted by Gasteiger charge is 2.25. The number of halogens is 2. The van der Waals surface area contributed by atoms with Crippen molar-refractivity contribution < 1.29 is 4.74 Å². The number of benzene rings is 1. The number of rotatable bonds is 6. The van der Waals surface area contributed by atoms with Gasteiger partial charge in [0.15, 0.2) is 5.75 Å². The molecule has 0 saturated heterocycles. The maximum absolute atomic E-state index is 6.47. The molecular weight excluding hydrogens is 354 g/mol. The molecule has 0 bridgehead atoms. The van der Waals surface area contributed by atoms with E-state index in [0.717, 1.165) is 34.6 Å². The molecule has 0 aliphatic rings. The second-order valence-electron chi connectivity index (χ2n) is 4.55. The van der Waals surface area contributed by atoms with Crippen molar-refractivity contribution in [1.29, 1.82) is 0 Å². The van der Waals surface area contributed by atoms with Crippen LogP contribution in [-0.4, -0.2) is 23.4 Å². The Kier molecular flexibility index (Phi) is 5.67. The zero-order chi connectivity index (χ0) is 15.4. The van der Waals surface area contributed by atoms with Gasteiger partial charge in [-0.15, -0.1) is 0 Å². The van der Waals surface area contributed by atoms with Gasteiger partial charge in [-0.2, -0.15) is 5.10 Å². The van der Waals surface area contributed by atoms with Crippen LogP contribution in [0.15, 0.2) is 28.9 Å². The van der Waals surface area contributed by atoms with Crippen molar-refractivity contribution in [3.05, 3.63) is 45.1 Å². The van der Waals surface area contributed by atoms with E-state index < -0.39 is 0 Å². The van der Waals surface area contributed by atoms with Gasteiger partial charge in [-0.05, 0) is 41.0 Å². The summed E-state index contributed by atoms with van der Waals surface area (Å²) in [5.41, 5.74) is 1.99. The van der Waals surface area contributed by atoms with Crippen molar-refractivity contribution in [2.24, 2.45) is 0 Å². The number of hydrogen-bond acceptors (Lipinski definition) is 3. The number of nitrogens with one attached hydrogen (secondary N) is 1. The second kappa shape index (κ2) is 7.29. The fourth-order valence-electron chi connectivity index (χ4n) is 2.38. The van der Waals surface area contributed by atoms with Gasteiger partial charge in [-0.3, -0.25) is 4.68 Å². The molecule has 4 nitrogen and oxygen atoms in total. The standard InChI is InChI=1S/C15H19BrClN3O/c1-4-18-14(10-7-6-8-11(16)13(10)17)15-12(21-3)9-19-20(15)5-2/h6-9,14,18H,4-5H2,1-3H3. The first-order valence-electron chi connectivity index (χ1n) is 6.90. The summed E-state index contributed by atoms with van der Waals surface area (Å²) in [5, 5.41) is 8.56. The van der Waals surface area contributed by atoms with Crippen molar-refractivity contribution in [3.8, 4) is 5.75 Å². The Morgan fingerprint density at radius 3 is 2.81 bits per heavy atom. The van der Waals surface area contributed by atoms with E-state index in [4.69, 9.17) is 16.3 Å². The zero-order valence-corrected chi connectivity index (χ0v) is 14.7. The van der Waals surface area contributed by atoms with Gasteiger partial charge in [0, 0.05) is 11.0 Å². The Bertz CT molecular complexity index is 593. The lowest BCUT2D eigenvalue weighted by atomic mass is 10.0. The molecule has 0 spiro atoms. The molecule has 1 unspecified atom stereocenters. The normalized spacial score (nSPS) is 12.4. The van der Waals surface area contributed by atoms with Crippen LogP contribution in [-0.2, 0) is 6.54 Å². The van der Waals surface area contributed by atoms with Gasteiger partial charge in [0.2, 0.25) is 0 Å². The predicted molar refractivity (Wildman–Crippen MR) is 89.1 cm³/mol. The van der Waals surface area contributed by atoms with Crippen LogP contribution in [0.5, 0.6) is 5.75 Å². The third kappa shape index (κ3) is 3.25. The molecule has 1 heterocycles. The van der Waals surface area contributed by atoms with Gasteiger partial charge < -0.3 is 10.1 Å². The molecule has 1 aromatic heterocycles. The summed E-state index contributed by atoms with van der Waals surface area (Å²) in [6.45, 7) is 5.71. The van der Waals surface area contributed by atoms with Crippen LogP contribution in [0, 0.1) is 0 Å². The van der Waals surface area contributed by atoms with Crippen LogP contribution in [0.3, 0.4) is 0 Å². The molecule has 1 N–H and O–H groups in total. The van der Waals surface area contributed by atoms with Crippen LogP contribution in [0.25, 0.3) is 0 Å². The number of methoxy groups -OCH3 is 1. The molecule has 0 fully saturated rings. The summed E-state index contributed by atoms with van der Waals surface area (Å²) in [4.78, 5) is 0. The Morgan fingerprint density at radius 2 is 2.19 bits per heavy atom. The first-order chi connectivity index (χ1) is 10.1. The topological polar surface area (TPSA) is 39.1 Å². The molecule has 0 aliphatic carbocycles. The van der Waals surface area contributed by atoms with Crippen molar-refractivity contribution in [2.75, 3.05) is 13.7 Å². The van der Waals surface area contributed by atoms with E-state index in [9.17, 15) is 0 Å². The van der Waals surface area contributed by atoms with Crippen LogP contribution < -0.4 is 10.1 Å². The molecule has 114 valence electrons. The SMILES string of the molecule is CCNC(c1cccc(Br)c1Cl)c1c(OC)cnn1CC. The highest BCUT2D eigenvalue weighted by Crippen LogP contribution is 2.36. The third-order valence-electron chi connectivity index (χ3n) is 3.34. The minimum absolute atomic E-state index is 0.0719. The van der Waals surface area contributed by atoms with Crippen molar-refractivity contribution >= 4 is 27.5 Å². The molecule has 2 rings (SSSR count). The Hall–Kier alpha value is -1.04. The summed E-state index contributed by atoms with van der Waals surface area (Å²) in [7, 11) is 1.66. The Morgan fingerprint density at radius 1 is 1.43 bits per heavy atom. The van der Waals surface area contributed by atoms with Gasteiger partial charge in [-0.1, -0.05) is 30.7 Å². The van der Waals surface area contributed by atoms with Gasteiger partial charge in [0.1, 0.15) is 5.69 Å². The van der Waals surface area contributed by atoms with Crippen LogP contribution in [0.1, 0.15) is 31.1 Å². The van der Waals surface area contributed by atoms with Crippen molar-refractivity contribution in [3.63, 3.8) is 0 Å². The van der Waals surface area contributed by atoms with Crippen LogP contribution >= 0.6 is 27.5 Å². The molecular formula is C15H19BrClN3O. The van der Waals surface area contributed by atoms with E-state index in [1.54, 1.807) is 13.3 Å². The quantitative estimate of drug-likeness (QED) is 0.832. The molecule has 0 radical (unpaired) electrons. The van der Waals surface area contributed by atoms with E-state index in [1.807, 2.05) is 22.9 Å². The van der Waals surface area contributed by atoms with Crippen molar-refractivity contribution in [2.45, 2.75) is 26.4 Å². The number of hydrogen-bond donors (Lipinski definition) is 1. The van der Waals surface area contributed by atoms with Gasteiger partial charge in [0.25, 0.3) is 0 Å². The highest BCUT2D eigenvalue weighted by atomic mass is 79.9. The third-order valence-corrected chi connectivity index (χ3v) is 4.65. The Labute approximate surface area is 138 Å². The monoisotopic (exact) mass is 371 g/mol. The van der Waals surface area contributed by atoms with E-state index >= 15 is 0 Å². The smallest absolute Gasteiger partial charge is 0.161 e. The molecule has 1 atom stereocenters. The number of aromatic nitrogens is 2. The lowest BCUT2D eigenvalue weighted by molar-refractivity contribution is 0.399. The molecule has 0 aliphatic heterocycles. The lowest BCUT2D eigenvalue weighted by Gasteiger charge is -2.22. The molecule has 2 aromatic rings. The van der Waals surface area contributed by atoms with Crippen LogP contribution in [0.4, 0.5) is 0 Å². The lowest BCUT2D eigenvalue weighted by Crippen LogP contribution is -2.25. The fraction of sp³-hybridized carbons (Fsp3) is 0.400. The Balaban J connectivity index is 2.58. The van der Waals surface area contributed by atoms with E-state index in [2.05, 4.69) is 40.2 Å². The van der Waals surface area contributed by atoms with Gasteiger partial charge in [-0.25, -0.2) is 0 Å². The molecule has 6 heteroatoms. The number of ether oxygens (including phenoxy) is 1. The molecule has 0 amide bonds. The second-order valence-corrected chi connectivity index (χ2v) is 5.78. The summed E-state index contributed by atoms with van der Waals surface area (Å²) in [6.07, 6.45) is 1.75. The minimum atomic E-state index is -0.0719. The number of aryl methyl sites for hydroxylation is 1. The maximum atomic E-state index is 6.47. The van der Waals surface area contributed by atoms with E-state index in [1.165, 1.54) is 0 Å². The van der Waals surface area contributed by atoms with Crippen LogP contribution in [0.2, 0.25) is 5.02 Å². The minimum Gasteiger partial charge on any atom is -0.493 e. The van der Waals surface area contributed by atoms with Crippen molar-refractivity contribution in [1.82, 2.24) is 15.1 Å². The first-order valence-corrected chi connectivity index (χ1v) is 8.08. The predicted octanol–water partition coefficient (Wildman–Crippen LogP) is 4.03. The molecule has 21 heavy (non-hydrogen) atoms. The maximum Gasteiger partial charge on any atom is 0.161 e. The average molecular weight is 373 g/mol. The zero-order valence-electron chi connectivity index (χ0n) is 12.4. The van der Waals surface area contributed by atoms with Gasteiger partial charge in [0.05, 0.1) is 24.4 Å². The number of nitrogens with zero attached hydrogens (tertiary/aromatic N) is 2. The summed E-state index contributed by atoms with van der Waals surface area (Å²) in [5.74, 6) is 0.763. The van der Waals surface area contributed by atoms with Gasteiger partial charge >= 0.3 is 0 Å². The van der Waals surface area contributed by atoms with E-state index in [-0.39, 0.29) is 6.04 Å². The highest BCUT2D eigenvalue weighted by molar-refractivity contribution is 9.10. The molecule has 1 aromatic carbocycles. The average Bonchev–Trinajstić information content (AvgIpc) is 2.90.